The number of anilines is 1. The number of aryl methyl sites for hydroxylation is 1. The van der Waals surface area contributed by atoms with Crippen LogP contribution in [0.5, 0.6) is 0 Å². The molecule has 0 aliphatic carbocycles. The molecule has 124 valence electrons. The number of nitriles is 1. The molecule has 3 nitrogen and oxygen atoms in total. The van der Waals surface area contributed by atoms with E-state index in [1.807, 2.05) is 42.6 Å². The van der Waals surface area contributed by atoms with Crippen LogP contribution in [0.15, 0.2) is 54.0 Å². The Morgan fingerprint density at radius 2 is 1.96 bits per heavy atom. The third kappa shape index (κ3) is 3.90. The largest absolute Gasteiger partial charge is 0.360 e. The summed E-state index contributed by atoms with van der Waals surface area (Å²) >= 11 is 7.58. The van der Waals surface area contributed by atoms with Crippen LogP contribution in [0.4, 0.5) is 5.69 Å². The lowest BCUT2D eigenvalue weighted by Gasteiger charge is -2.07. The molecule has 1 N–H and O–H groups in total. The van der Waals surface area contributed by atoms with Crippen molar-refractivity contribution >= 4 is 34.2 Å². The molecule has 0 bridgehead atoms. The molecule has 5 heteroatoms. The maximum absolute atomic E-state index is 9.48. The van der Waals surface area contributed by atoms with Gasteiger partial charge < -0.3 is 5.32 Å². The molecule has 1 aromatic heterocycles. The van der Waals surface area contributed by atoms with Crippen molar-refractivity contribution in [3.63, 3.8) is 0 Å². The van der Waals surface area contributed by atoms with Gasteiger partial charge in [0.1, 0.15) is 16.6 Å². The highest BCUT2D eigenvalue weighted by molar-refractivity contribution is 7.11. The van der Waals surface area contributed by atoms with Crippen molar-refractivity contribution in [1.82, 2.24) is 4.98 Å². The molecule has 0 unspecified atom stereocenters. The number of nitrogens with one attached hydrogen (secondary N) is 1. The van der Waals surface area contributed by atoms with E-state index in [1.54, 1.807) is 6.20 Å². The average Bonchev–Trinajstić information content (AvgIpc) is 3.09. The predicted octanol–water partition coefficient (Wildman–Crippen LogP) is 6.06. The lowest BCUT2D eigenvalue weighted by atomic mass is 10.1. The topological polar surface area (TPSA) is 48.7 Å². The first-order valence-electron chi connectivity index (χ1n) is 7.73. The first-order chi connectivity index (χ1) is 12.1. The van der Waals surface area contributed by atoms with E-state index in [0.29, 0.717) is 15.6 Å². The summed E-state index contributed by atoms with van der Waals surface area (Å²) < 4.78 is 0. The van der Waals surface area contributed by atoms with Crippen molar-refractivity contribution in [3.8, 4) is 17.3 Å². The van der Waals surface area contributed by atoms with Gasteiger partial charge in [0, 0.05) is 27.9 Å². The van der Waals surface area contributed by atoms with Crippen LogP contribution in [0.1, 0.15) is 16.1 Å². The van der Waals surface area contributed by atoms with Crippen LogP contribution < -0.4 is 5.32 Å². The molecule has 0 spiro atoms. The summed E-state index contributed by atoms with van der Waals surface area (Å²) in [4.78, 5) is 4.60. The van der Waals surface area contributed by atoms with E-state index in [0.717, 1.165) is 22.5 Å². The van der Waals surface area contributed by atoms with E-state index in [4.69, 9.17) is 11.6 Å². The zero-order valence-corrected chi connectivity index (χ0v) is 15.4. The van der Waals surface area contributed by atoms with E-state index < -0.39 is 0 Å². The fraction of sp³-hybridized carbons (Fsp3) is 0.100. The van der Waals surface area contributed by atoms with E-state index in [9.17, 15) is 5.26 Å². The summed E-state index contributed by atoms with van der Waals surface area (Å²) in [6.45, 7) is 3.99. The van der Waals surface area contributed by atoms with E-state index >= 15 is 0 Å². The molecule has 3 aromatic rings. The number of hydrogen-bond acceptors (Lipinski definition) is 4. The van der Waals surface area contributed by atoms with Crippen LogP contribution >= 0.6 is 22.9 Å². The standard InChI is InChI=1S/C20H16ClN3S/c1-13-6-8-15(9-7-13)19-12-25-20(24-19)16(10-22)11-23-18-5-3-4-17(21)14(18)2/h3-9,11-12,23H,1-2H3/b16-11-. The molecule has 0 atom stereocenters. The summed E-state index contributed by atoms with van der Waals surface area (Å²) in [5.74, 6) is 0. The monoisotopic (exact) mass is 365 g/mol. The molecule has 0 aliphatic rings. The number of hydrogen-bond donors (Lipinski definition) is 1. The Morgan fingerprint density at radius 1 is 1.20 bits per heavy atom. The number of allylic oxidation sites excluding steroid dienone is 1. The molecule has 25 heavy (non-hydrogen) atoms. The smallest absolute Gasteiger partial charge is 0.136 e. The molecule has 0 saturated carbocycles. The van der Waals surface area contributed by atoms with Crippen LogP contribution in [-0.2, 0) is 0 Å². The van der Waals surface area contributed by atoms with Crippen molar-refractivity contribution in [1.29, 1.82) is 5.26 Å². The van der Waals surface area contributed by atoms with Crippen LogP contribution in [0.25, 0.3) is 16.8 Å². The lowest BCUT2D eigenvalue weighted by molar-refractivity contribution is 1.35. The zero-order valence-electron chi connectivity index (χ0n) is 13.9. The van der Waals surface area contributed by atoms with E-state index in [-0.39, 0.29) is 0 Å². The van der Waals surface area contributed by atoms with Crippen LogP contribution in [0.2, 0.25) is 5.02 Å². The number of aromatic nitrogens is 1. The second-order valence-electron chi connectivity index (χ2n) is 5.63. The van der Waals surface area contributed by atoms with Gasteiger partial charge in [-0.1, -0.05) is 47.5 Å². The SMILES string of the molecule is Cc1ccc(-c2csc(/C(C#N)=C\Nc3cccc(Cl)c3C)n2)cc1. The third-order valence-electron chi connectivity index (χ3n) is 3.84. The average molecular weight is 366 g/mol. The highest BCUT2D eigenvalue weighted by Crippen LogP contribution is 2.27. The first kappa shape index (κ1) is 17.2. The van der Waals surface area contributed by atoms with Gasteiger partial charge in [0.15, 0.2) is 0 Å². The van der Waals surface area contributed by atoms with Gasteiger partial charge >= 0.3 is 0 Å². The minimum Gasteiger partial charge on any atom is -0.360 e. The zero-order chi connectivity index (χ0) is 17.8. The summed E-state index contributed by atoms with van der Waals surface area (Å²) in [5.41, 5.74) is 5.43. The van der Waals surface area contributed by atoms with Gasteiger partial charge in [0.2, 0.25) is 0 Å². The highest BCUT2D eigenvalue weighted by Gasteiger charge is 2.09. The lowest BCUT2D eigenvalue weighted by Crippen LogP contribution is -1.94. The number of thiazole rings is 1. The minimum absolute atomic E-state index is 0.489. The molecule has 0 aliphatic heterocycles. The van der Waals surface area contributed by atoms with Crippen LogP contribution in [-0.4, -0.2) is 4.98 Å². The molecular weight excluding hydrogens is 350 g/mol. The Kier molecular flexibility index (Phi) is 5.18. The fourth-order valence-corrected chi connectivity index (χ4v) is 3.28. The summed E-state index contributed by atoms with van der Waals surface area (Å²) in [6.07, 6.45) is 1.68. The van der Waals surface area contributed by atoms with Crippen molar-refractivity contribution in [2.24, 2.45) is 0 Å². The van der Waals surface area contributed by atoms with Gasteiger partial charge in [-0.15, -0.1) is 11.3 Å². The van der Waals surface area contributed by atoms with Gasteiger partial charge in [0.05, 0.1) is 5.69 Å². The Hall–Kier alpha value is -2.61. The fourth-order valence-electron chi connectivity index (χ4n) is 2.31. The minimum atomic E-state index is 0.489. The van der Waals surface area contributed by atoms with Gasteiger partial charge in [-0.05, 0) is 31.5 Å². The van der Waals surface area contributed by atoms with Crippen LogP contribution in [0, 0.1) is 25.2 Å². The molecule has 0 amide bonds. The quantitative estimate of drug-likeness (QED) is 0.572. The second kappa shape index (κ2) is 7.52. The van der Waals surface area contributed by atoms with E-state index in [1.165, 1.54) is 16.9 Å². The van der Waals surface area contributed by atoms with Crippen molar-refractivity contribution < 1.29 is 0 Å². The maximum atomic E-state index is 9.48. The third-order valence-corrected chi connectivity index (χ3v) is 5.13. The van der Waals surface area contributed by atoms with E-state index in [2.05, 4.69) is 35.4 Å². The number of benzene rings is 2. The highest BCUT2D eigenvalue weighted by atomic mass is 35.5. The molecule has 2 aromatic carbocycles. The summed E-state index contributed by atoms with van der Waals surface area (Å²) in [5, 5.41) is 16.0. The number of nitrogens with zero attached hydrogens (tertiary/aromatic N) is 2. The molecule has 1 heterocycles. The van der Waals surface area contributed by atoms with Crippen LogP contribution in [0.3, 0.4) is 0 Å². The Balaban J connectivity index is 1.85. The Bertz CT molecular complexity index is 965. The van der Waals surface area contributed by atoms with Crippen molar-refractivity contribution in [2.45, 2.75) is 13.8 Å². The van der Waals surface area contributed by atoms with Gasteiger partial charge in [-0.2, -0.15) is 5.26 Å². The predicted molar refractivity (Wildman–Crippen MR) is 106 cm³/mol. The molecule has 0 saturated heterocycles. The molecule has 0 fully saturated rings. The number of halogens is 1. The Labute approximate surface area is 156 Å². The Morgan fingerprint density at radius 3 is 2.68 bits per heavy atom. The normalized spacial score (nSPS) is 11.2. The van der Waals surface area contributed by atoms with Gasteiger partial charge in [-0.3, -0.25) is 0 Å². The van der Waals surface area contributed by atoms with Crippen molar-refractivity contribution in [2.75, 3.05) is 5.32 Å². The molecule has 3 rings (SSSR count). The number of rotatable bonds is 4. The first-order valence-corrected chi connectivity index (χ1v) is 8.99. The second-order valence-corrected chi connectivity index (χ2v) is 6.90. The van der Waals surface area contributed by atoms with Crippen molar-refractivity contribution in [3.05, 3.63) is 75.2 Å². The molecule has 0 radical (unpaired) electrons. The summed E-state index contributed by atoms with van der Waals surface area (Å²) in [6, 6.07) is 16.0. The van der Waals surface area contributed by atoms with Gasteiger partial charge in [-0.25, -0.2) is 4.98 Å². The maximum Gasteiger partial charge on any atom is 0.136 e. The molecular formula is C20H16ClN3S. The van der Waals surface area contributed by atoms with Gasteiger partial charge in [0.25, 0.3) is 0 Å². The summed E-state index contributed by atoms with van der Waals surface area (Å²) in [7, 11) is 0.